The van der Waals surface area contributed by atoms with Crippen molar-refractivity contribution in [3.63, 3.8) is 0 Å². The van der Waals surface area contributed by atoms with Gasteiger partial charge in [-0.3, -0.25) is 4.79 Å². The highest BCUT2D eigenvalue weighted by Gasteiger charge is 2.34. The second-order valence-electron chi connectivity index (χ2n) is 6.52. The SMILES string of the molecule is O=C(CC1CC1)N1CCCN2c3ccccc3CC2C1. The van der Waals surface area contributed by atoms with Crippen molar-refractivity contribution < 1.29 is 4.79 Å². The highest BCUT2D eigenvalue weighted by Crippen LogP contribution is 2.35. The zero-order valence-electron chi connectivity index (χ0n) is 11.9. The molecule has 106 valence electrons. The summed E-state index contributed by atoms with van der Waals surface area (Å²) >= 11 is 0. The van der Waals surface area contributed by atoms with Gasteiger partial charge in [0.2, 0.25) is 5.91 Å². The Morgan fingerprint density at radius 1 is 1.20 bits per heavy atom. The lowest BCUT2D eigenvalue weighted by Crippen LogP contribution is -2.41. The first-order valence-electron chi connectivity index (χ1n) is 7.93. The number of nitrogens with zero attached hydrogens (tertiary/aromatic N) is 2. The molecule has 3 aliphatic rings. The van der Waals surface area contributed by atoms with E-state index in [1.807, 2.05) is 0 Å². The van der Waals surface area contributed by atoms with E-state index < -0.39 is 0 Å². The van der Waals surface area contributed by atoms with Crippen LogP contribution in [-0.2, 0) is 11.2 Å². The van der Waals surface area contributed by atoms with Crippen LogP contribution >= 0.6 is 0 Å². The third kappa shape index (κ3) is 2.19. The largest absolute Gasteiger partial charge is 0.366 e. The Kier molecular flexibility index (Phi) is 2.94. The molecule has 2 aliphatic heterocycles. The van der Waals surface area contributed by atoms with Crippen molar-refractivity contribution in [2.24, 2.45) is 5.92 Å². The van der Waals surface area contributed by atoms with Crippen LogP contribution < -0.4 is 4.90 Å². The summed E-state index contributed by atoms with van der Waals surface area (Å²) < 4.78 is 0. The number of amides is 1. The molecule has 3 nitrogen and oxygen atoms in total. The Hall–Kier alpha value is -1.51. The lowest BCUT2D eigenvalue weighted by Gasteiger charge is -2.27. The Balaban J connectivity index is 1.50. The fourth-order valence-corrected chi connectivity index (χ4v) is 3.69. The number of fused-ring (bicyclic) bond motifs is 3. The number of carbonyl (C=O) groups is 1. The highest BCUT2D eigenvalue weighted by atomic mass is 16.2. The maximum absolute atomic E-state index is 12.4. The minimum atomic E-state index is 0.394. The van der Waals surface area contributed by atoms with Crippen molar-refractivity contribution >= 4 is 11.6 Å². The van der Waals surface area contributed by atoms with Crippen LogP contribution in [0.4, 0.5) is 5.69 Å². The first kappa shape index (κ1) is 12.2. The monoisotopic (exact) mass is 270 g/mol. The van der Waals surface area contributed by atoms with E-state index >= 15 is 0 Å². The van der Waals surface area contributed by atoms with Crippen LogP contribution in [0.3, 0.4) is 0 Å². The number of rotatable bonds is 2. The standard InChI is InChI=1S/C17H22N2O/c20-17(10-13-6-7-13)18-8-3-9-19-15(12-18)11-14-4-1-2-5-16(14)19/h1-2,4-5,13,15H,3,6-12H2. The topological polar surface area (TPSA) is 23.6 Å². The van der Waals surface area contributed by atoms with Crippen LogP contribution in [0.2, 0.25) is 0 Å². The van der Waals surface area contributed by atoms with Gasteiger partial charge in [-0.05, 0) is 43.2 Å². The molecule has 1 aliphatic carbocycles. The maximum atomic E-state index is 12.4. The molecule has 1 saturated heterocycles. The minimum absolute atomic E-state index is 0.394. The van der Waals surface area contributed by atoms with Crippen LogP contribution in [0.1, 0.15) is 31.2 Å². The van der Waals surface area contributed by atoms with Crippen molar-refractivity contribution in [1.29, 1.82) is 0 Å². The molecule has 0 spiro atoms. The van der Waals surface area contributed by atoms with Gasteiger partial charge in [0.15, 0.2) is 0 Å². The summed E-state index contributed by atoms with van der Waals surface area (Å²) in [5, 5.41) is 0. The van der Waals surface area contributed by atoms with Crippen LogP contribution in [-0.4, -0.2) is 36.5 Å². The molecule has 3 heteroatoms. The number of anilines is 1. The fourth-order valence-electron chi connectivity index (χ4n) is 3.69. The van der Waals surface area contributed by atoms with Gasteiger partial charge in [0, 0.05) is 31.7 Å². The molecule has 2 fully saturated rings. The number of carbonyl (C=O) groups excluding carboxylic acids is 1. The first-order chi connectivity index (χ1) is 9.81. The summed E-state index contributed by atoms with van der Waals surface area (Å²) in [7, 11) is 0. The van der Waals surface area contributed by atoms with Gasteiger partial charge in [0.25, 0.3) is 0 Å². The van der Waals surface area contributed by atoms with Crippen molar-refractivity contribution in [3.8, 4) is 0 Å². The van der Waals surface area contributed by atoms with E-state index in [4.69, 9.17) is 0 Å². The molecule has 1 amide bonds. The van der Waals surface area contributed by atoms with Crippen LogP contribution in [0.5, 0.6) is 0 Å². The number of para-hydroxylation sites is 1. The van der Waals surface area contributed by atoms with Crippen molar-refractivity contribution in [2.45, 2.75) is 38.1 Å². The average Bonchev–Trinajstić information content (AvgIpc) is 3.23. The quantitative estimate of drug-likeness (QED) is 0.824. The van der Waals surface area contributed by atoms with Crippen LogP contribution in [0, 0.1) is 5.92 Å². The lowest BCUT2D eigenvalue weighted by molar-refractivity contribution is -0.131. The molecular weight excluding hydrogens is 248 g/mol. The van der Waals surface area contributed by atoms with Gasteiger partial charge in [-0.25, -0.2) is 0 Å². The zero-order chi connectivity index (χ0) is 13.5. The van der Waals surface area contributed by atoms with Gasteiger partial charge in [-0.2, -0.15) is 0 Å². The van der Waals surface area contributed by atoms with Gasteiger partial charge in [0.05, 0.1) is 6.04 Å². The molecule has 4 rings (SSSR count). The summed E-state index contributed by atoms with van der Waals surface area (Å²) in [6.07, 6.45) is 5.52. The summed E-state index contributed by atoms with van der Waals surface area (Å²) in [5.41, 5.74) is 2.85. The normalized spacial score (nSPS) is 25.1. The predicted octanol–water partition coefficient (Wildman–Crippen LogP) is 2.45. The molecule has 1 atom stereocenters. The summed E-state index contributed by atoms with van der Waals surface area (Å²) in [6, 6.07) is 9.22. The zero-order valence-corrected chi connectivity index (χ0v) is 11.9. The third-order valence-corrected chi connectivity index (χ3v) is 4.97. The van der Waals surface area contributed by atoms with Crippen LogP contribution in [0.25, 0.3) is 0 Å². The minimum Gasteiger partial charge on any atom is -0.366 e. The van der Waals surface area contributed by atoms with E-state index in [2.05, 4.69) is 34.1 Å². The second-order valence-corrected chi connectivity index (χ2v) is 6.52. The van der Waals surface area contributed by atoms with E-state index in [1.54, 1.807) is 0 Å². The van der Waals surface area contributed by atoms with Crippen molar-refractivity contribution in [1.82, 2.24) is 4.90 Å². The first-order valence-corrected chi connectivity index (χ1v) is 7.93. The Bertz CT molecular complexity index is 523. The molecule has 0 N–H and O–H groups in total. The molecule has 1 saturated carbocycles. The number of benzene rings is 1. The Morgan fingerprint density at radius 3 is 2.90 bits per heavy atom. The van der Waals surface area contributed by atoms with Crippen molar-refractivity contribution in [2.75, 3.05) is 24.5 Å². The molecule has 1 aromatic carbocycles. The van der Waals surface area contributed by atoms with E-state index in [0.717, 1.165) is 38.9 Å². The molecular formula is C17H22N2O. The second kappa shape index (κ2) is 4.80. The van der Waals surface area contributed by atoms with Crippen LogP contribution in [0.15, 0.2) is 24.3 Å². The predicted molar refractivity (Wildman–Crippen MR) is 79.8 cm³/mol. The molecule has 20 heavy (non-hydrogen) atoms. The highest BCUT2D eigenvalue weighted by molar-refractivity contribution is 5.77. The third-order valence-electron chi connectivity index (χ3n) is 4.97. The van der Waals surface area contributed by atoms with Crippen molar-refractivity contribution in [3.05, 3.63) is 29.8 Å². The van der Waals surface area contributed by atoms with E-state index in [-0.39, 0.29) is 0 Å². The van der Waals surface area contributed by atoms with E-state index in [9.17, 15) is 4.79 Å². The molecule has 0 radical (unpaired) electrons. The van der Waals surface area contributed by atoms with Gasteiger partial charge in [-0.1, -0.05) is 18.2 Å². The molecule has 0 bridgehead atoms. The lowest BCUT2D eigenvalue weighted by atomic mass is 10.1. The smallest absolute Gasteiger partial charge is 0.222 e. The maximum Gasteiger partial charge on any atom is 0.222 e. The number of hydrogen-bond donors (Lipinski definition) is 0. The fraction of sp³-hybridized carbons (Fsp3) is 0.588. The van der Waals surface area contributed by atoms with Gasteiger partial charge in [0.1, 0.15) is 0 Å². The Labute approximate surface area is 120 Å². The summed E-state index contributed by atoms with van der Waals surface area (Å²) in [4.78, 5) is 17.0. The number of hydrogen-bond acceptors (Lipinski definition) is 2. The summed E-state index contributed by atoms with van der Waals surface area (Å²) in [5.74, 6) is 1.09. The molecule has 2 heterocycles. The molecule has 1 unspecified atom stereocenters. The van der Waals surface area contributed by atoms with Gasteiger partial charge < -0.3 is 9.80 Å². The summed E-state index contributed by atoms with van der Waals surface area (Å²) in [6.45, 7) is 2.95. The average molecular weight is 270 g/mol. The van der Waals surface area contributed by atoms with Gasteiger partial charge in [-0.15, -0.1) is 0 Å². The Morgan fingerprint density at radius 2 is 2.05 bits per heavy atom. The van der Waals surface area contributed by atoms with Gasteiger partial charge >= 0.3 is 0 Å². The van der Waals surface area contributed by atoms with E-state index in [1.165, 1.54) is 24.1 Å². The van der Waals surface area contributed by atoms with E-state index in [0.29, 0.717) is 17.9 Å². The molecule has 0 aromatic heterocycles. The molecule has 1 aromatic rings.